The van der Waals surface area contributed by atoms with Crippen molar-refractivity contribution in [2.45, 2.75) is 6.18 Å². The fourth-order valence-electron chi connectivity index (χ4n) is 1.20. The van der Waals surface area contributed by atoms with E-state index in [1.54, 1.807) is 6.07 Å². The number of hydrogen-bond donors (Lipinski definition) is 0. The number of benzene rings is 1. The average Bonchev–Trinajstić information content (AvgIpc) is 2.63. The Morgan fingerprint density at radius 2 is 2.00 bits per heavy atom. The summed E-state index contributed by atoms with van der Waals surface area (Å²) < 4.78 is 41.4. The van der Waals surface area contributed by atoms with Gasteiger partial charge in [0.1, 0.15) is 5.58 Å². The van der Waals surface area contributed by atoms with Crippen LogP contribution < -0.4 is 0 Å². The lowest BCUT2D eigenvalue weighted by atomic mass is 10.2. The van der Waals surface area contributed by atoms with Crippen molar-refractivity contribution in [2.75, 3.05) is 0 Å². The molecule has 16 heavy (non-hydrogen) atoms. The van der Waals surface area contributed by atoms with E-state index in [9.17, 15) is 13.2 Å². The zero-order valence-corrected chi connectivity index (χ0v) is 8.51. The molecular weight excluding hydrogens is 243 g/mol. The van der Waals surface area contributed by atoms with Gasteiger partial charge in [0.15, 0.2) is 0 Å². The van der Waals surface area contributed by atoms with Crippen LogP contribution >= 0.6 is 11.6 Å². The van der Waals surface area contributed by atoms with Gasteiger partial charge >= 0.3 is 6.18 Å². The maximum Gasteiger partial charge on any atom is 0.444 e. The molecule has 0 amide bonds. The molecule has 0 aliphatic carbocycles. The molecule has 0 spiro atoms. The molecule has 0 fully saturated rings. The minimum Gasteiger partial charge on any atom is -0.464 e. The summed E-state index contributed by atoms with van der Waals surface area (Å²) in [5.74, 6) is 0. The lowest BCUT2D eigenvalue weighted by Crippen LogP contribution is -2.16. The quantitative estimate of drug-likeness (QED) is 0.691. The zero-order chi connectivity index (χ0) is 11.8. The van der Waals surface area contributed by atoms with Gasteiger partial charge in [-0.1, -0.05) is 11.6 Å². The Balaban J connectivity index is 2.41. The number of nitrogens with zero attached hydrogens (tertiary/aromatic N) is 1. The average molecular weight is 248 g/mol. The van der Waals surface area contributed by atoms with Gasteiger partial charge in [0.2, 0.25) is 5.17 Å². The van der Waals surface area contributed by atoms with E-state index in [2.05, 4.69) is 4.99 Å². The van der Waals surface area contributed by atoms with Gasteiger partial charge < -0.3 is 4.42 Å². The van der Waals surface area contributed by atoms with Gasteiger partial charge in [-0.3, -0.25) is 0 Å². The van der Waals surface area contributed by atoms with E-state index in [4.69, 9.17) is 16.0 Å². The number of halogens is 4. The first-order valence-corrected chi connectivity index (χ1v) is 4.63. The highest BCUT2D eigenvalue weighted by Crippen LogP contribution is 2.26. The molecule has 0 aliphatic heterocycles. The predicted molar refractivity (Wildman–Crippen MR) is 55.2 cm³/mol. The molecule has 0 N–H and O–H groups in total. The number of alkyl halides is 3. The van der Waals surface area contributed by atoms with Crippen molar-refractivity contribution in [2.24, 2.45) is 4.99 Å². The van der Waals surface area contributed by atoms with Gasteiger partial charge in [-0.25, -0.2) is 4.99 Å². The van der Waals surface area contributed by atoms with Crippen LogP contribution in [0.25, 0.3) is 11.0 Å². The van der Waals surface area contributed by atoms with E-state index in [1.165, 1.54) is 24.5 Å². The first kappa shape index (κ1) is 11.0. The van der Waals surface area contributed by atoms with E-state index in [0.717, 1.165) is 0 Å². The SMILES string of the molecule is FC(F)(F)C(Cl)=Nc1ccc2occc2c1. The number of fused-ring (bicyclic) bond motifs is 1. The third kappa shape index (κ3) is 2.19. The van der Waals surface area contributed by atoms with Crippen molar-refractivity contribution in [3.8, 4) is 0 Å². The molecule has 0 aliphatic rings. The van der Waals surface area contributed by atoms with Crippen LogP contribution in [0.4, 0.5) is 18.9 Å². The van der Waals surface area contributed by atoms with E-state index in [-0.39, 0.29) is 5.69 Å². The number of furan rings is 1. The molecule has 0 saturated heterocycles. The molecule has 2 rings (SSSR count). The van der Waals surface area contributed by atoms with Crippen LogP contribution in [0, 0.1) is 0 Å². The molecule has 2 aromatic rings. The summed E-state index contributed by atoms with van der Waals surface area (Å²) in [6, 6.07) is 6.04. The zero-order valence-electron chi connectivity index (χ0n) is 7.75. The molecule has 1 aromatic heterocycles. The second-order valence-electron chi connectivity index (χ2n) is 3.04. The summed E-state index contributed by atoms with van der Waals surface area (Å²) in [4.78, 5) is 3.28. The van der Waals surface area contributed by atoms with Crippen molar-refractivity contribution in [3.63, 3.8) is 0 Å². The Hall–Kier alpha value is -1.49. The highest BCUT2D eigenvalue weighted by molar-refractivity contribution is 6.67. The van der Waals surface area contributed by atoms with E-state index in [1.807, 2.05) is 0 Å². The minimum atomic E-state index is -4.62. The summed E-state index contributed by atoms with van der Waals surface area (Å²) in [5, 5.41) is -0.719. The van der Waals surface area contributed by atoms with Crippen LogP contribution in [0.2, 0.25) is 0 Å². The fourth-order valence-corrected chi connectivity index (χ4v) is 1.30. The van der Waals surface area contributed by atoms with Crippen molar-refractivity contribution < 1.29 is 17.6 Å². The fraction of sp³-hybridized carbons (Fsp3) is 0.100. The third-order valence-corrected chi connectivity index (χ3v) is 2.20. The van der Waals surface area contributed by atoms with Crippen LogP contribution in [0.5, 0.6) is 0 Å². The largest absolute Gasteiger partial charge is 0.464 e. The molecule has 0 unspecified atom stereocenters. The molecule has 2 nitrogen and oxygen atoms in total. The monoisotopic (exact) mass is 247 g/mol. The Bertz CT molecular complexity index is 544. The first-order chi connectivity index (χ1) is 7.47. The Morgan fingerprint density at radius 3 is 2.69 bits per heavy atom. The Morgan fingerprint density at radius 1 is 1.25 bits per heavy atom. The standard InChI is InChI=1S/C10H5ClF3NO/c11-9(10(12,13)14)15-7-1-2-8-6(5-7)3-4-16-8/h1-5H. The van der Waals surface area contributed by atoms with Gasteiger partial charge in [-0.05, 0) is 24.3 Å². The summed E-state index contributed by atoms with van der Waals surface area (Å²) in [6.45, 7) is 0. The topological polar surface area (TPSA) is 25.5 Å². The number of hydrogen-bond acceptors (Lipinski definition) is 2. The summed E-state index contributed by atoms with van der Waals surface area (Å²) in [5.41, 5.74) is 0.721. The lowest BCUT2D eigenvalue weighted by molar-refractivity contribution is -0.0558. The second kappa shape index (κ2) is 3.83. The van der Waals surface area contributed by atoms with Crippen molar-refractivity contribution >= 4 is 33.4 Å². The normalized spacial score (nSPS) is 13.4. The highest BCUT2D eigenvalue weighted by Gasteiger charge is 2.34. The van der Waals surface area contributed by atoms with Crippen molar-refractivity contribution in [1.29, 1.82) is 0 Å². The Kier molecular flexibility index (Phi) is 2.63. The summed E-state index contributed by atoms with van der Waals surface area (Å²) >= 11 is 5.02. The second-order valence-corrected chi connectivity index (χ2v) is 3.40. The van der Waals surface area contributed by atoms with Gasteiger partial charge in [-0.15, -0.1) is 0 Å². The van der Waals surface area contributed by atoms with Crippen LogP contribution in [-0.2, 0) is 0 Å². The maximum atomic E-state index is 12.1. The molecule has 0 atom stereocenters. The molecule has 0 saturated carbocycles. The molecule has 1 heterocycles. The van der Waals surface area contributed by atoms with Gasteiger partial charge in [0.05, 0.1) is 12.0 Å². The van der Waals surface area contributed by atoms with E-state index in [0.29, 0.717) is 11.0 Å². The molecule has 6 heteroatoms. The Labute approximate surface area is 93.3 Å². The summed E-state index contributed by atoms with van der Waals surface area (Å²) in [6.07, 6.45) is -3.17. The molecule has 0 bridgehead atoms. The predicted octanol–water partition coefficient (Wildman–Crippen LogP) is 4.26. The van der Waals surface area contributed by atoms with E-state index >= 15 is 0 Å². The third-order valence-electron chi connectivity index (χ3n) is 1.90. The summed E-state index contributed by atoms with van der Waals surface area (Å²) in [7, 11) is 0. The van der Waals surface area contributed by atoms with Gasteiger partial charge in [0, 0.05) is 5.39 Å². The minimum absolute atomic E-state index is 0.135. The van der Waals surface area contributed by atoms with Crippen LogP contribution in [-0.4, -0.2) is 11.3 Å². The maximum absolute atomic E-state index is 12.1. The van der Waals surface area contributed by atoms with Crippen molar-refractivity contribution in [3.05, 3.63) is 30.5 Å². The number of rotatable bonds is 1. The molecule has 84 valence electrons. The van der Waals surface area contributed by atoms with Crippen molar-refractivity contribution in [1.82, 2.24) is 0 Å². The first-order valence-electron chi connectivity index (χ1n) is 4.25. The van der Waals surface area contributed by atoms with E-state index < -0.39 is 11.3 Å². The lowest BCUT2D eigenvalue weighted by Gasteiger charge is -2.02. The smallest absolute Gasteiger partial charge is 0.444 e. The van der Waals surface area contributed by atoms with Gasteiger partial charge in [-0.2, -0.15) is 13.2 Å². The van der Waals surface area contributed by atoms with Crippen LogP contribution in [0.15, 0.2) is 39.9 Å². The highest BCUT2D eigenvalue weighted by atomic mass is 35.5. The van der Waals surface area contributed by atoms with Gasteiger partial charge in [0.25, 0.3) is 0 Å². The number of aliphatic imine (C=N–C) groups is 1. The molecular formula is C10H5ClF3NO. The molecule has 1 aromatic carbocycles. The molecule has 0 radical (unpaired) electrons. The van der Waals surface area contributed by atoms with Crippen LogP contribution in [0.1, 0.15) is 0 Å². The van der Waals surface area contributed by atoms with Crippen LogP contribution in [0.3, 0.4) is 0 Å².